The Morgan fingerprint density at radius 2 is 2.21 bits per heavy atom. The van der Waals surface area contributed by atoms with Gasteiger partial charge < -0.3 is 0 Å². The van der Waals surface area contributed by atoms with E-state index in [1.54, 1.807) is 6.92 Å². The third-order valence-electron chi connectivity index (χ3n) is 2.03. The van der Waals surface area contributed by atoms with E-state index in [4.69, 9.17) is 5.26 Å². The Hall–Kier alpha value is -0.640. The highest BCUT2D eigenvalue weighted by atomic mass is 32.2. The average molecular weight is 217 g/mol. The molecule has 1 aliphatic carbocycles. The van der Waals surface area contributed by atoms with E-state index < -0.39 is 10.2 Å². The van der Waals surface area contributed by atoms with Crippen LogP contribution < -0.4 is 4.72 Å². The van der Waals surface area contributed by atoms with Crippen LogP contribution >= 0.6 is 0 Å². The van der Waals surface area contributed by atoms with E-state index in [2.05, 4.69) is 4.72 Å². The summed E-state index contributed by atoms with van der Waals surface area (Å²) in [7, 11) is -3.35. The van der Waals surface area contributed by atoms with Crippen molar-refractivity contribution in [2.75, 3.05) is 13.1 Å². The number of rotatable bonds is 6. The molecule has 1 saturated carbocycles. The molecule has 6 heteroatoms. The molecular formula is C8H15N3O2S. The zero-order valence-corrected chi connectivity index (χ0v) is 9.05. The zero-order chi connectivity index (χ0) is 10.6. The quantitative estimate of drug-likeness (QED) is 0.691. The highest BCUT2D eigenvalue weighted by molar-refractivity contribution is 7.87. The van der Waals surface area contributed by atoms with Gasteiger partial charge in [0.05, 0.1) is 6.07 Å². The molecule has 0 aromatic rings. The van der Waals surface area contributed by atoms with Gasteiger partial charge in [0.2, 0.25) is 0 Å². The highest BCUT2D eigenvalue weighted by Gasteiger charge is 2.36. The van der Waals surface area contributed by atoms with Gasteiger partial charge in [0, 0.05) is 25.6 Å². The molecule has 0 atom stereocenters. The van der Waals surface area contributed by atoms with E-state index in [1.807, 2.05) is 6.07 Å². The number of hydrogen-bond acceptors (Lipinski definition) is 3. The van der Waals surface area contributed by atoms with Crippen molar-refractivity contribution in [1.29, 1.82) is 5.26 Å². The summed E-state index contributed by atoms with van der Waals surface area (Å²) < 4.78 is 27.1. The molecule has 5 nitrogen and oxygen atoms in total. The van der Waals surface area contributed by atoms with Crippen molar-refractivity contribution in [2.24, 2.45) is 0 Å². The summed E-state index contributed by atoms with van der Waals surface area (Å²) in [6.45, 7) is 2.43. The fourth-order valence-corrected chi connectivity index (χ4v) is 2.75. The SMILES string of the molecule is CCNS(=O)(=O)N(CCC#N)C1CC1. The largest absolute Gasteiger partial charge is 0.279 e. The maximum absolute atomic E-state index is 11.6. The summed E-state index contributed by atoms with van der Waals surface area (Å²) in [5.41, 5.74) is 0. The molecule has 14 heavy (non-hydrogen) atoms. The van der Waals surface area contributed by atoms with E-state index in [1.165, 1.54) is 4.31 Å². The summed E-state index contributed by atoms with van der Waals surface area (Å²) in [6, 6.07) is 2.08. The van der Waals surface area contributed by atoms with Crippen molar-refractivity contribution in [2.45, 2.75) is 32.2 Å². The molecule has 0 heterocycles. The molecule has 0 aromatic carbocycles. The Morgan fingerprint density at radius 1 is 1.57 bits per heavy atom. The first-order chi connectivity index (χ1) is 6.61. The van der Waals surface area contributed by atoms with Crippen LogP contribution in [0, 0.1) is 11.3 Å². The fraction of sp³-hybridized carbons (Fsp3) is 0.875. The van der Waals surface area contributed by atoms with Crippen LogP contribution in [-0.2, 0) is 10.2 Å². The molecule has 1 rings (SSSR count). The van der Waals surface area contributed by atoms with Crippen LogP contribution in [0.4, 0.5) is 0 Å². The maximum Gasteiger partial charge on any atom is 0.279 e. The molecule has 1 fully saturated rings. The van der Waals surface area contributed by atoms with Crippen molar-refractivity contribution in [3.63, 3.8) is 0 Å². The summed E-state index contributed by atoms with van der Waals surface area (Å²) in [6.07, 6.45) is 2.08. The summed E-state index contributed by atoms with van der Waals surface area (Å²) in [4.78, 5) is 0. The number of nitrogens with one attached hydrogen (secondary N) is 1. The van der Waals surface area contributed by atoms with Gasteiger partial charge in [-0.15, -0.1) is 0 Å². The van der Waals surface area contributed by atoms with Crippen molar-refractivity contribution in [3.8, 4) is 6.07 Å². The van der Waals surface area contributed by atoms with E-state index in [-0.39, 0.29) is 12.5 Å². The Balaban J connectivity index is 2.62. The molecule has 0 spiro atoms. The van der Waals surface area contributed by atoms with Crippen LogP contribution in [0.25, 0.3) is 0 Å². The first-order valence-corrected chi connectivity index (χ1v) is 6.19. The van der Waals surface area contributed by atoms with Gasteiger partial charge in [-0.1, -0.05) is 6.92 Å². The monoisotopic (exact) mass is 217 g/mol. The smallest absolute Gasteiger partial charge is 0.202 e. The predicted molar refractivity (Wildman–Crippen MR) is 52.6 cm³/mol. The standard InChI is InChI=1S/C8H15N3O2S/c1-2-10-14(12,13)11(7-3-6-9)8-4-5-8/h8,10H,2-5,7H2,1H3. The third kappa shape index (κ3) is 2.94. The molecule has 0 bridgehead atoms. The second kappa shape index (κ2) is 4.73. The van der Waals surface area contributed by atoms with Crippen LogP contribution in [0.1, 0.15) is 26.2 Å². The van der Waals surface area contributed by atoms with Crippen LogP contribution in [0.3, 0.4) is 0 Å². The second-order valence-corrected chi connectivity index (χ2v) is 4.96. The van der Waals surface area contributed by atoms with Gasteiger partial charge >= 0.3 is 0 Å². The molecule has 0 radical (unpaired) electrons. The lowest BCUT2D eigenvalue weighted by molar-refractivity contribution is 0.403. The van der Waals surface area contributed by atoms with Gasteiger partial charge in [-0.3, -0.25) is 0 Å². The van der Waals surface area contributed by atoms with Crippen LogP contribution in [-0.4, -0.2) is 31.9 Å². The van der Waals surface area contributed by atoms with Gasteiger partial charge in [-0.25, -0.2) is 4.72 Å². The lowest BCUT2D eigenvalue weighted by atomic mass is 10.4. The van der Waals surface area contributed by atoms with Crippen LogP contribution in [0.2, 0.25) is 0 Å². The predicted octanol–water partition coefficient (Wildman–Crippen LogP) is 0.219. The average Bonchev–Trinajstić information content (AvgIpc) is 2.88. The number of nitriles is 1. The molecule has 1 N–H and O–H groups in total. The third-order valence-corrected chi connectivity index (χ3v) is 3.79. The Bertz CT molecular complexity index is 316. The van der Waals surface area contributed by atoms with Crippen molar-refractivity contribution in [3.05, 3.63) is 0 Å². The maximum atomic E-state index is 11.6. The molecule has 0 amide bonds. The first kappa shape index (κ1) is 11.4. The van der Waals surface area contributed by atoms with Gasteiger partial charge in [-0.2, -0.15) is 18.0 Å². The van der Waals surface area contributed by atoms with Gasteiger partial charge in [0.25, 0.3) is 10.2 Å². The molecule has 0 saturated heterocycles. The van der Waals surface area contributed by atoms with Crippen molar-refractivity contribution >= 4 is 10.2 Å². The van der Waals surface area contributed by atoms with Gasteiger partial charge in [-0.05, 0) is 12.8 Å². The lowest BCUT2D eigenvalue weighted by Gasteiger charge is -2.20. The summed E-state index contributed by atoms with van der Waals surface area (Å²) >= 11 is 0. The van der Waals surface area contributed by atoms with E-state index in [0.29, 0.717) is 13.1 Å². The molecule has 0 aromatic heterocycles. The number of nitrogens with zero attached hydrogens (tertiary/aromatic N) is 2. The minimum Gasteiger partial charge on any atom is -0.202 e. The fourth-order valence-electron chi connectivity index (χ4n) is 1.29. The molecule has 1 aliphatic rings. The minimum atomic E-state index is -3.35. The molecule has 80 valence electrons. The van der Waals surface area contributed by atoms with Gasteiger partial charge in [0.1, 0.15) is 0 Å². The normalized spacial score (nSPS) is 16.9. The second-order valence-electron chi connectivity index (χ2n) is 3.25. The minimum absolute atomic E-state index is 0.118. The van der Waals surface area contributed by atoms with E-state index >= 15 is 0 Å². The van der Waals surface area contributed by atoms with Crippen LogP contribution in [0.5, 0.6) is 0 Å². The first-order valence-electron chi connectivity index (χ1n) is 4.75. The lowest BCUT2D eigenvalue weighted by Crippen LogP contribution is -2.42. The van der Waals surface area contributed by atoms with Gasteiger partial charge in [0.15, 0.2) is 0 Å². The Labute approximate surface area is 84.9 Å². The molecular weight excluding hydrogens is 202 g/mol. The summed E-state index contributed by atoms with van der Waals surface area (Å²) in [5.74, 6) is 0. The van der Waals surface area contributed by atoms with Crippen molar-refractivity contribution < 1.29 is 8.42 Å². The zero-order valence-electron chi connectivity index (χ0n) is 8.23. The number of hydrogen-bond donors (Lipinski definition) is 1. The summed E-state index contributed by atoms with van der Waals surface area (Å²) in [5, 5.41) is 8.42. The Kier molecular flexibility index (Phi) is 3.86. The van der Waals surface area contributed by atoms with Crippen LogP contribution in [0.15, 0.2) is 0 Å². The van der Waals surface area contributed by atoms with Crippen molar-refractivity contribution in [1.82, 2.24) is 9.03 Å². The Morgan fingerprint density at radius 3 is 2.64 bits per heavy atom. The highest BCUT2D eigenvalue weighted by Crippen LogP contribution is 2.28. The topological polar surface area (TPSA) is 73.2 Å². The molecule has 0 aliphatic heterocycles. The van der Waals surface area contributed by atoms with E-state index in [0.717, 1.165) is 12.8 Å². The molecule has 0 unspecified atom stereocenters. The van der Waals surface area contributed by atoms with E-state index in [9.17, 15) is 8.42 Å².